The van der Waals surface area contributed by atoms with Crippen molar-refractivity contribution in [3.8, 4) is 28.8 Å². The maximum Gasteiger partial charge on any atom is 0.319 e. The van der Waals surface area contributed by atoms with Gasteiger partial charge in [0, 0.05) is 11.8 Å². The second-order valence-corrected chi connectivity index (χ2v) is 6.41. The highest BCUT2D eigenvalue weighted by atomic mass is 19.3. The molecule has 0 radical (unpaired) electrons. The first-order chi connectivity index (χ1) is 13.8. The Labute approximate surface area is 163 Å². The van der Waals surface area contributed by atoms with Gasteiger partial charge in [0.05, 0.1) is 17.5 Å². The van der Waals surface area contributed by atoms with Gasteiger partial charge >= 0.3 is 6.55 Å². The van der Waals surface area contributed by atoms with Gasteiger partial charge < -0.3 is 15.6 Å². The Hall–Kier alpha value is -3.82. The van der Waals surface area contributed by atoms with Crippen molar-refractivity contribution in [2.45, 2.75) is 20.4 Å². The molecule has 0 atom stereocenters. The number of aromatic hydroxyl groups is 1. The molecule has 0 saturated carbocycles. The molecule has 0 amide bonds. The number of ether oxygens (including phenoxy) is 1. The molecular formula is C19H16F2N6O2. The molecule has 148 valence electrons. The van der Waals surface area contributed by atoms with Gasteiger partial charge in [-0.05, 0) is 31.5 Å². The molecule has 0 aliphatic rings. The molecule has 3 aromatic heterocycles. The number of halogens is 2. The minimum absolute atomic E-state index is 0.0611. The van der Waals surface area contributed by atoms with Gasteiger partial charge in [0.1, 0.15) is 34.7 Å². The molecule has 10 heteroatoms. The molecule has 0 aliphatic carbocycles. The number of phenols is 1. The lowest BCUT2D eigenvalue weighted by molar-refractivity contribution is 0.0702. The van der Waals surface area contributed by atoms with E-state index in [-0.39, 0.29) is 28.8 Å². The molecule has 0 fully saturated rings. The third-order valence-electron chi connectivity index (χ3n) is 4.48. The zero-order valence-corrected chi connectivity index (χ0v) is 15.5. The summed E-state index contributed by atoms with van der Waals surface area (Å²) in [7, 11) is 0. The summed E-state index contributed by atoms with van der Waals surface area (Å²) in [5.41, 5.74) is 8.20. The van der Waals surface area contributed by atoms with Crippen LogP contribution in [-0.2, 0) is 0 Å². The van der Waals surface area contributed by atoms with E-state index < -0.39 is 6.55 Å². The van der Waals surface area contributed by atoms with Crippen molar-refractivity contribution in [3.63, 3.8) is 0 Å². The maximum atomic E-state index is 12.9. The van der Waals surface area contributed by atoms with Crippen LogP contribution in [0.3, 0.4) is 0 Å². The number of hydrogen-bond donors (Lipinski definition) is 2. The van der Waals surface area contributed by atoms with E-state index in [1.807, 2.05) is 6.92 Å². The van der Waals surface area contributed by atoms with E-state index in [2.05, 4.69) is 19.9 Å². The summed E-state index contributed by atoms with van der Waals surface area (Å²) in [6.45, 7) is 0.800. The molecule has 4 rings (SSSR count). The summed E-state index contributed by atoms with van der Waals surface area (Å²) in [6.07, 6.45) is 3.48. The fraction of sp³-hybridized carbons (Fsp3) is 0.158. The molecule has 0 unspecified atom stereocenters. The Morgan fingerprint density at radius 1 is 1.14 bits per heavy atom. The number of nitrogens with two attached hydrogens (primary N) is 1. The number of nitrogen functional groups attached to an aromatic ring is 1. The summed E-state index contributed by atoms with van der Waals surface area (Å²) in [6, 6.07) is 4.84. The fourth-order valence-corrected chi connectivity index (χ4v) is 2.92. The zero-order chi connectivity index (χ0) is 20.7. The number of anilines is 1. The second-order valence-electron chi connectivity index (χ2n) is 6.41. The van der Waals surface area contributed by atoms with Crippen molar-refractivity contribution >= 4 is 16.7 Å². The van der Waals surface area contributed by atoms with Crippen LogP contribution in [0, 0.1) is 13.8 Å². The molecule has 3 N–H and O–H groups in total. The van der Waals surface area contributed by atoms with Crippen LogP contribution in [0.5, 0.6) is 17.4 Å². The highest BCUT2D eigenvalue weighted by molar-refractivity contribution is 5.94. The van der Waals surface area contributed by atoms with Crippen molar-refractivity contribution in [2.75, 3.05) is 5.73 Å². The molecular weight excluding hydrogens is 382 g/mol. The van der Waals surface area contributed by atoms with E-state index in [4.69, 9.17) is 10.5 Å². The van der Waals surface area contributed by atoms with Crippen LogP contribution >= 0.6 is 0 Å². The SMILES string of the molecule is Cc1ccc(O)c(C)c1Oc1nc(-c2cn(C(F)F)cn2)cc2ncnc(N)c12. The van der Waals surface area contributed by atoms with E-state index in [0.29, 0.717) is 26.8 Å². The van der Waals surface area contributed by atoms with Crippen molar-refractivity contribution in [1.82, 2.24) is 24.5 Å². The van der Waals surface area contributed by atoms with Crippen LogP contribution in [0.1, 0.15) is 17.7 Å². The third-order valence-corrected chi connectivity index (χ3v) is 4.48. The number of nitrogens with zero attached hydrogens (tertiary/aromatic N) is 5. The lowest BCUT2D eigenvalue weighted by Gasteiger charge is -2.14. The van der Waals surface area contributed by atoms with Gasteiger partial charge in [0.15, 0.2) is 0 Å². The summed E-state index contributed by atoms with van der Waals surface area (Å²) in [5, 5.41) is 10.4. The van der Waals surface area contributed by atoms with Crippen LogP contribution in [0.2, 0.25) is 0 Å². The minimum Gasteiger partial charge on any atom is -0.508 e. The number of imidazole rings is 1. The number of aryl methyl sites for hydroxylation is 1. The average Bonchev–Trinajstić information content (AvgIpc) is 3.19. The second kappa shape index (κ2) is 6.97. The van der Waals surface area contributed by atoms with Crippen LogP contribution in [0.4, 0.5) is 14.6 Å². The summed E-state index contributed by atoms with van der Waals surface area (Å²) >= 11 is 0. The molecule has 29 heavy (non-hydrogen) atoms. The van der Waals surface area contributed by atoms with Gasteiger partial charge in [0.2, 0.25) is 5.88 Å². The van der Waals surface area contributed by atoms with Gasteiger partial charge in [-0.2, -0.15) is 8.78 Å². The number of fused-ring (bicyclic) bond motifs is 1. The predicted molar refractivity (Wildman–Crippen MR) is 102 cm³/mol. The Kier molecular flexibility index (Phi) is 4.45. The molecule has 0 spiro atoms. The highest BCUT2D eigenvalue weighted by Crippen LogP contribution is 2.38. The highest BCUT2D eigenvalue weighted by Gasteiger charge is 2.18. The van der Waals surface area contributed by atoms with Crippen LogP contribution < -0.4 is 10.5 Å². The van der Waals surface area contributed by atoms with Crippen LogP contribution in [0.15, 0.2) is 37.1 Å². The number of alkyl halides is 2. The first-order valence-electron chi connectivity index (χ1n) is 8.55. The minimum atomic E-state index is -2.72. The predicted octanol–water partition coefficient (Wildman–Crippen LogP) is 3.98. The van der Waals surface area contributed by atoms with Gasteiger partial charge in [0.25, 0.3) is 0 Å². The first kappa shape index (κ1) is 18.5. The largest absolute Gasteiger partial charge is 0.508 e. The van der Waals surface area contributed by atoms with E-state index in [1.165, 1.54) is 12.5 Å². The number of benzene rings is 1. The number of aromatic nitrogens is 5. The Morgan fingerprint density at radius 2 is 1.93 bits per heavy atom. The van der Waals surface area contributed by atoms with E-state index in [9.17, 15) is 13.9 Å². The maximum absolute atomic E-state index is 12.9. The average molecular weight is 398 g/mol. The van der Waals surface area contributed by atoms with Crippen LogP contribution in [-0.4, -0.2) is 29.6 Å². The molecule has 0 aliphatic heterocycles. The van der Waals surface area contributed by atoms with Gasteiger partial charge in [-0.1, -0.05) is 6.07 Å². The molecule has 1 aromatic carbocycles. The third kappa shape index (κ3) is 3.28. The van der Waals surface area contributed by atoms with Crippen LogP contribution in [0.25, 0.3) is 22.3 Å². The van der Waals surface area contributed by atoms with E-state index >= 15 is 0 Å². The number of hydrogen-bond acceptors (Lipinski definition) is 7. The summed E-state index contributed by atoms with van der Waals surface area (Å²) < 4.78 is 32.5. The quantitative estimate of drug-likeness (QED) is 0.535. The fourth-order valence-electron chi connectivity index (χ4n) is 2.92. The van der Waals surface area contributed by atoms with E-state index in [0.717, 1.165) is 11.9 Å². The first-order valence-corrected chi connectivity index (χ1v) is 8.55. The van der Waals surface area contributed by atoms with Crippen molar-refractivity contribution in [3.05, 3.63) is 48.2 Å². The topological polar surface area (TPSA) is 112 Å². The molecule has 4 aromatic rings. The normalized spacial score (nSPS) is 11.3. The summed E-state index contributed by atoms with van der Waals surface area (Å²) in [4.78, 5) is 16.6. The molecule has 0 saturated heterocycles. The standard InChI is InChI=1S/C19H16F2N6O2/c1-9-3-4-14(28)10(2)16(9)29-18-15-12(23-7-24-17(15)22)5-11(26-18)13-6-27(8-25-13)19(20)21/h3-8,19,28H,1-2H3,(H2,22,23,24). The smallest absolute Gasteiger partial charge is 0.319 e. The monoisotopic (exact) mass is 398 g/mol. The van der Waals surface area contributed by atoms with Gasteiger partial charge in [-0.3, -0.25) is 4.57 Å². The van der Waals surface area contributed by atoms with Gasteiger partial charge in [-0.15, -0.1) is 0 Å². The van der Waals surface area contributed by atoms with Gasteiger partial charge in [-0.25, -0.2) is 19.9 Å². The van der Waals surface area contributed by atoms with Crippen molar-refractivity contribution in [1.29, 1.82) is 0 Å². The number of pyridine rings is 1. The Bertz CT molecular complexity index is 1230. The Morgan fingerprint density at radius 3 is 2.66 bits per heavy atom. The number of rotatable bonds is 4. The zero-order valence-electron chi connectivity index (χ0n) is 15.5. The van der Waals surface area contributed by atoms with E-state index in [1.54, 1.807) is 25.1 Å². The molecule has 0 bridgehead atoms. The number of phenolic OH excluding ortho intramolecular Hbond substituents is 1. The molecule has 3 heterocycles. The summed E-state index contributed by atoms with van der Waals surface area (Å²) in [5.74, 6) is 0.694. The Balaban J connectivity index is 1.91. The lowest BCUT2D eigenvalue weighted by Crippen LogP contribution is -2.01. The van der Waals surface area contributed by atoms with Crippen molar-refractivity contribution < 1.29 is 18.6 Å². The lowest BCUT2D eigenvalue weighted by atomic mass is 10.1. The van der Waals surface area contributed by atoms with Crippen molar-refractivity contribution in [2.24, 2.45) is 0 Å². The molecule has 8 nitrogen and oxygen atoms in total.